The summed E-state index contributed by atoms with van der Waals surface area (Å²) in [5.74, 6) is -2.56. The molecule has 1 aliphatic heterocycles. The first kappa shape index (κ1) is 45.0. The number of hydrogen-bond acceptors (Lipinski definition) is 12. The van der Waals surface area contributed by atoms with Crippen molar-refractivity contribution in [2.45, 2.75) is 24.5 Å². The molecule has 0 unspecified atom stereocenters. The van der Waals surface area contributed by atoms with Crippen LogP contribution in [0.3, 0.4) is 0 Å². The number of rotatable bonds is 11. The molecule has 0 aliphatic carbocycles. The lowest BCUT2D eigenvalue weighted by Crippen LogP contribution is -2.46. The molecule has 4 atom stereocenters. The highest BCUT2D eigenvalue weighted by molar-refractivity contribution is 6.30. The number of halogens is 1. The van der Waals surface area contributed by atoms with Crippen molar-refractivity contribution in [3.63, 3.8) is 0 Å². The van der Waals surface area contributed by atoms with Gasteiger partial charge >= 0.3 is 23.6 Å². The lowest BCUT2D eigenvalue weighted by molar-refractivity contribution is -0.0625. The fourth-order valence-electron chi connectivity index (χ4n) is 8.64. The van der Waals surface area contributed by atoms with Crippen LogP contribution in [0.4, 0.5) is 5.69 Å². The van der Waals surface area contributed by atoms with E-state index >= 15 is 4.79 Å². The fourth-order valence-corrected chi connectivity index (χ4v) is 8.82. The predicted octanol–water partition coefficient (Wildman–Crippen LogP) is 9.30. The van der Waals surface area contributed by atoms with Crippen LogP contribution in [-0.2, 0) is 18.9 Å². The molecule has 14 nitrogen and oxygen atoms in total. The summed E-state index contributed by atoms with van der Waals surface area (Å²) in [6.45, 7) is -0.549. The molecule has 2 aromatic heterocycles. The lowest BCUT2D eigenvalue weighted by atomic mass is 9.94. The molecule has 15 heteroatoms. The van der Waals surface area contributed by atoms with Crippen molar-refractivity contribution < 1.29 is 38.4 Å². The van der Waals surface area contributed by atoms with Crippen LogP contribution < -0.4 is 16.9 Å². The number of fused-ring (bicyclic) bond motifs is 2. The average molecular weight is 950 g/mol. The van der Waals surface area contributed by atoms with Gasteiger partial charge in [-0.15, -0.1) is 0 Å². The van der Waals surface area contributed by atoms with Gasteiger partial charge < -0.3 is 29.8 Å². The molecule has 1 aliphatic rings. The van der Waals surface area contributed by atoms with Crippen molar-refractivity contribution in [1.29, 1.82) is 5.41 Å². The molecule has 70 heavy (non-hydrogen) atoms. The molecule has 0 amide bonds. The number of aromatic hydroxyl groups is 1. The number of aromatic nitrogens is 3. The van der Waals surface area contributed by atoms with Crippen molar-refractivity contribution in [3.8, 4) is 33.8 Å². The summed E-state index contributed by atoms with van der Waals surface area (Å²) in [6, 6.07) is 50.0. The van der Waals surface area contributed by atoms with Crippen LogP contribution in [0.25, 0.3) is 49.9 Å². The van der Waals surface area contributed by atoms with Gasteiger partial charge in [0.1, 0.15) is 23.9 Å². The smallest absolute Gasteiger partial charge is 0.338 e. The second-order valence-electron chi connectivity index (χ2n) is 16.4. The highest BCUT2D eigenvalue weighted by Crippen LogP contribution is 2.42. The van der Waals surface area contributed by atoms with Gasteiger partial charge in [0.25, 0.3) is 0 Å². The third-order valence-corrected chi connectivity index (χ3v) is 12.2. The number of phenols is 1. The van der Waals surface area contributed by atoms with Crippen LogP contribution >= 0.6 is 11.6 Å². The van der Waals surface area contributed by atoms with Crippen LogP contribution in [0.5, 0.6) is 5.75 Å². The standard InChI is InChI=1S/C55H40ClN5O9/c56-37-20-12-21-39(29-37)60-49(58)46-41(45-40-22-11-10-13-32(40)25-28-43(45)62)30-42(33-23-26-38(57)27-24-33)59-50(46)61(55(60)66)51-48(70-54(65)36-18-8-3-9-19-36)47(69-53(64)35-16-6-2-7-17-35)44(68-51)31-67-52(63)34-14-4-1-5-15-34/h1-30,44,47-48,51,58,62H,31,57H2/t44-,47-,48-,51-/m1/s1. The number of nitrogen functional groups attached to an aromatic ring is 1. The average Bonchev–Trinajstić information content (AvgIpc) is 3.70. The van der Waals surface area contributed by atoms with Gasteiger partial charge in [0, 0.05) is 27.4 Å². The van der Waals surface area contributed by atoms with E-state index in [0.717, 1.165) is 14.5 Å². The van der Waals surface area contributed by atoms with E-state index in [2.05, 4.69) is 0 Å². The molecule has 4 N–H and O–H groups in total. The monoisotopic (exact) mass is 949 g/mol. The SMILES string of the molecule is N=c1c2c(-c3c(O)ccc4ccccc34)cc(-c3ccc(N)cc3)nc2n([C@@H]2O[C@H](COC(=O)c3ccccc3)[C@@H](OC(=O)c3ccccc3)[C@H]2OC(=O)c2ccccc2)c(=O)n1-c1cccc(Cl)c1. The fraction of sp³-hybridized carbons (Fsp3) is 0.0909. The summed E-state index contributed by atoms with van der Waals surface area (Å²) in [5.41, 5.74) is 7.32. The van der Waals surface area contributed by atoms with Gasteiger partial charge in [-0.3, -0.25) is 5.41 Å². The number of pyridine rings is 1. The van der Waals surface area contributed by atoms with E-state index in [9.17, 15) is 24.9 Å². The van der Waals surface area contributed by atoms with Gasteiger partial charge in [-0.2, -0.15) is 0 Å². The number of hydrogen-bond donors (Lipinski definition) is 3. The van der Waals surface area contributed by atoms with Crippen LogP contribution in [-0.4, -0.2) is 62.1 Å². The third-order valence-electron chi connectivity index (χ3n) is 12.0. The zero-order chi connectivity index (χ0) is 48.5. The molecule has 1 saturated heterocycles. The van der Waals surface area contributed by atoms with Crippen LogP contribution in [0, 0.1) is 5.41 Å². The van der Waals surface area contributed by atoms with E-state index in [1.165, 1.54) is 30.3 Å². The maximum atomic E-state index is 15.8. The summed E-state index contributed by atoms with van der Waals surface area (Å²) in [4.78, 5) is 62.9. The molecule has 9 aromatic rings. The van der Waals surface area contributed by atoms with E-state index < -0.39 is 54.7 Å². The number of esters is 3. The summed E-state index contributed by atoms with van der Waals surface area (Å²) in [5, 5.41) is 23.6. The number of anilines is 1. The number of phenolic OH excluding ortho intramolecular Hbond substituents is 1. The minimum absolute atomic E-state index is 0.0546. The van der Waals surface area contributed by atoms with E-state index in [4.69, 9.17) is 41.3 Å². The van der Waals surface area contributed by atoms with E-state index in [-0.39, 0.29) is 55.2 Å². The minimum Gasteiger partial charge on any atom is -0.507 e. The Kier molecular flexibility index (Phi) is 12.2. The molecule has 0 bridgehead atoms. The molecule has 0 saturated carbocycles. The number of nitrogens with two attached hydrogens (primary N) is 1. The maximum Gasteiger partial charge on any atom is 0.338 e. The van der Waals surface area contributed by atoms with E-state index in [0.29, 0.717) is 27.9 Å². The Morgan fingerprint density at radius 1 is 0.700 bits per heavy atom. The number of benzene rings is 7. The molecule has 3 heterocycles. The zero-order valence-electron chi connectivity index (χ0n) is 36.8. The van der Waals surface area contributed by atoms with Gasteiger partial charge in [0.2, 0.25) is 0 Å². The van der Waals surface area contributed by atoms with Crippen LogP contribution in [0.1, 0.15) is 37.3 Å². The summed E-state index contributed by atoms with van der Waals surface area (Å²) >= 11 is 6.57. The number of nitrogens with zero attached hydrogens (tertiary/aromatic N) is 3. The summed E-state index contributed by atoms with van der Waals surface area (Å²) in [7, 11) is 0. The van der Waals surface area contributed by atoms with Gasteiger partial charge in [-0.25, -0.2) is 33.3 Å². The molecule has 0 spiro atoms. The third kappa shape index (κ3) is 8.64. The molecule has 1 fully saturated rings. The first-order valence-corrected chi connectivity index (χ1v) is 22.4. The first-order chi connectivity index (χ1) is 34.0. The molecular weight excluding hydrogens is 910 g/mol. The molecule has 10 rings (SSSR count). The Morgan fingerprint density at radius 3 is 1.94 bits per heavy atom. The first-order valence-electron chi connectivity index (χ1n) is 22.0. The largest absolute Gasteiger partial charge is 0.507 e. The quantitative estimate of drug-likeness (QED) is 0.0635. The molecule has 7 aromatic carbocycles. The predicted molar refractivity (Wildman–Crippen MR) is 263 cm³/mol. The van der Waals surface area contributed by atoms with E-state index in [1.807, 2.05) is 24.3 Å². The van der Waals surface area contributed by atoms with Crippen molar-refractivity contribution in [2.75, 3.05) is 12.3 Å². The normalized spacial score (nSPS) is 16.5. The van der Waals surface area contributed by atoms with Gasteiger partial charge in [-0.1, -0.05) is 115 Å². The summed E-state index contributed by atoms with van der Waals surface area (Å²) < 4.78 is 27.4. The maximum absolute atomic E-state index is 15.8. The Labute approximate surface area is 403 Å². The highest BCUT2D eigenvalue weighted by atomic mass is 35.5. The van der Waals surface area contributed by atoms with Crippen LogP contribution in [0.2, 0.25) is 5.02 Å². The van der Waals surface area contributed by atoms with Crippen molar-refractivity contribution >= 4 is 57.0 Å². The second kappa shape index (κ2) is 19.0. The molecule has 346 valence electrons. The summed E-state index contributed by atoms with van der Waals surface area (Å²) in [6.07, 6.45) is -6.32. The Hall–Kier alpha value is -8.85. The van der Waals surface area contributed by atoms with Gasteiger partial charge in [0.15, 0.2) is 24.1 Å². The topological polar surface area (TPSA) is 198 Å². The van der Waals surface area contributed by atoms with Gasteiger partial charge in [0.05, 0.1) is 33.5 Å². The zero-order valence-corrected chi connectivity index (χ0v) is 37.6. The van der Waals surface area contributed by atoms with Crippen molar-refractivity contribution in [3.05, 3.63) is 220 Å². The van der Waals surface area contributed by atoms with Crippen molar-refractivity contribution in [2.24, 2.45) is 0 Å². The molecule has 0 radical (unpaired) electrons. The Balaban J connectivity index is 1.27. The lowest BCUT2D eigenvalue weighted by Gasteiger charge is -2.27. The highest BCUT2D eigenvalue weighted by Gasteiger charge is 2.52. The van der Waals surface area contributed by atoms with Crippen LogP contribution in [0.15, 0.2) is 187 Å². The van der Waals surface area contributed by atoms with Gasteiger partial charge in [-0.05, 0) is 89.6 Å². The van der Waals surface area contributed by atoms with Crippen molar-refractivity contribution in [1.82, 2.24) is 14.1 Å². The number of carbonyl (C=O) groups is 3. The minimum atomic E-state index is -1.72. The van der Waals surface area contributed by atoms with E-state index in [1.54, 1.807) is 127 Å². The Morgan fingerprint density at radius 2 is 1.30 bits per heavy atom. The number of nitrogens with one attached hydrogen (secondary N) is 1. The Bertz CT molecular complexity index is 3590. The number of carbonyl (C=O) groups excluding carboxylic acids is 3. The number of ether oxygens (including phenoxy) is 4. The second-order valence-corrected chi connectivity index (χ2v) is 16.8. The molecular formula is C55H40ClN5O9.